The molecule has 1 saturated carbocycles. The molecule has 0 bridgehead atoms. The molecule has 6 heteroatoms. The zero-order valence-electron chi connectivity index (χ0n) is 17.7. The van der Waals surface area contributed by atoms with E-state index in [0.717, 1.165) is 37.0 Å². The molecule has 0 aliphatic heterocycles. The van der Waals surface area contributed by atoms with Crippen LogP contribution in [-0.4, -0.2) is 38.6 Å². The maximum Gasteiger partial charge on any atom is 0.255 e. The average molecular weight is 411 g/mol. The van der Waals surface area contributed by atoms with E-state index in [-0.39, 0.29) is 23.8 Å². The fraction of sp³-hybridized carbons (Fsp3) is 0.417. The fourth-order valence-electron chi connectivity index (χ4n) is 4.20. The van der Waals surface area contributed by atoms with Crippen LogP contribution in [0.3, 0.4) is 0 Å². The Morgan fingerprint density at radius 2 is 1.63 bits per heavy atom. The first kappa shape index (κ1) is 21.7. The van der Waals surface area contributed by atoms with Crippen molar-refractivity contribution >= 4 is 11.8 Å². The molecule has 2 aromatic carbocycles. The van der Waals surface area contributed by atoms with Gasteiger partial charge in [-0.15, -0.1) is 0 Å². The highest BCUT2D eigenvalue weighted by molar-refractivity contribution is 5.98. The monoisotopic (exact) mass is 410 g/mol. The zero-order valence-corrected chi connectivity index (χ0v) is 17.7. The van der Waals surface area contributed by atoms with Crippen molar-refractivity contribution in [3.63, 3.8) is 0 Å². The van der Waals surface area contributed by atoms with Crippen LogP contribution >= 0.6 is 0 Å². The van der Waals surface area contributed by atoms with Crippen LogP contribution in [0.2, 0.25) is 0 Å². The van der Waals surface area contributed by atoms with Gasteiger partial charge in [-0.05, 0) is 38.0 Å². The van der Waals surface area contributed by atoms with Crippen LogP contribution < -0.4 is 20.1 Å². The summed E-state index contributed by atoms with van der Waals surface area (Å²) in [5, 5.41) is 5.71. The van der Waals surface area contributed by atoms with Gasteiger partial charge in [-0.2, -0.15) is 0 Å². The normalized spacial score (nSPS) is 14.7. The first-order valence-electron chi connectivity index (χ1n) is 10.5. The van der Waals surface area contributed by atoms with E-state index in [1.165, 1.54) is 0 Å². The lowest BCUT2D eigenvalue weighted by Gasteiger charge is -2.31. The summed E-state index contributed by atoms with van der Waals surface area (Å²) in [6.45, 7) is 2.78. The van der Waals surface area contributed by atoms with Crippen LogP contribution in [-0.2, 0) is 10.2 Å². The van der Waals surface area contributed by atoms with E-state index >= 15 is 0 Å². The Morgan fingerprint density at radius 3 is 2.33 bits per heavy atom. The molecule has 2 N–H and O–H groups in total. The SMILES string of the molecule is CCOc1ccccc1C(=O)NCC(=O)NCC1(c2ccccc2OC)CCCC1. The summed E-state index contributed by atoms with van der Waals surface area (Å²) < 4.78 is 11.1. The first-order valence-corrected chi connectivity index (χ1v) is 10.5. The molecule has 0 saturated heterocycles. The smallest absolute Gasteiger partial charge is 0.255 e. The molecule has 0 unspecified atom stereocenters. The summed E-state index contributed by atoms with van der Waals surface area (Å²) in [6, 6.07) is 15.0. The Kier molecular flexibility index (Phi) is 7.33. The van der Waals surface area contributed by atoms with Crippen molar-refractivity contribution in [3.8, 4) is 11.5 Å². The van der Waals surface area contributed by atoms with E-state index in [1.54, 1.807) is 25.3 Å². The van der Waals surface area contributed by atoms with E-state index in [2.05, 4.69) is 16.7 Å². The zero-order chi connectivity index (χ0) is 21.4. The summed E-state index contributed by atoms with van der Waals surface area (Å²) in [6.07, 6.45) is 4.25. The fourth-order valence-corrected chi connectivity index (χ4v) is 4.20. The van der Waals surface area contributed by atoms with Crippen LogP contribution in [0, 0.1) is 0 Å². The molecule has 1 fully saturated rings. The number of nitrogens with one attached hydrogen (secondary N) is 2. The summed E-state index contributed by atoms with van der Waals surface area (Å²) in [7, 11) is 1.68. The maximum absolute atomic E-state index is 12.5. The summed E-state index contributed by atoms with van der Waals surface area (Å²) in [5.74, 6) is 0.835. The third-order valence-electron chi connectivity index (χ3n) is 5.70. The van der Waals surface area contributed by atoms with Crippen LogP contribution in [0.15, 0.2) is 48.5 Å². The van der Waals surface area contributed by atoms with Crippen LogP contribution in [0.5, 0.6) is 11.5 Å². The van der Waals surface area contributed by atoms with Gasteiger partial charge in [-0.3, -0.25) is 9.59 Å². The van der Waals surface area contributed by atoms with Gasteiger partial charge >= 0.3 is 0 Å². The number of hydrogen-bond donors (Lipinski definition) is 2. The topological polar surface area (TPSA) is 76.7 Å². The van der Waals surface area contributed by atoms with Gasteiger partial charge in [0.1, 0.15) is 11.5 Å². The van der Waals surface area contributed by atoms with Crippen LogP contribution in [0.4, 0.5) is 0 Å². The molecule has 1 aliphatic carbocycles. The summed E-state index contributed by atoms with van der Waals surface area (Å²) in [4.78, 5) is 25.0. The number of carbonyl (C=O) groups excluding carboxylic acids is 2. The molecule has 3 rings (SSSR count). The van der Waals surface area contributed by atoms with Crippen molar-refractivity contribution < 1.29 is 19.1 Å². The molecular formula is C24H30N2O4. The largest absolute Gasteiger partial charge is 0.496 e. The van der Waals surface area contributed by atoms with Crippen LogP contribution in [0.25, 0.3) is 0 Å². The molecule has 2 aromatic rings. The number of amides is 2. The predicted octanol–water partition coefficient (Wildman–Crippen LogP) is 3.45. The Hall–Kier alpha value is -3.02. The lowest BCUT2D eigenvalue weighted by molar-refractivity contribution is -0.120. The quantitative estimate of drug-likeness (QED) is 0.664. The molecule has 0 atom stereocenters. The second-order valence-corrected chi connectivity index (χ2v) is 7.58. The highest BCUT2D eigenvalue weighted by atomic mass is 16.5. The first-order chi connectivity index (χ1) is 14.6. The van der Waals surface area contributed by atoms with E-state index in [1.807, 2.05) is 31.2 Å². The molecule has 0 heterocycles. The standard InChI is InChI=1S/C24H30N2O4/c1-3-30-20-12-6-4-10-18(20)23(28)25-16-22(27)26-17-24(14-8-9-15-24)19-11-5-7-13-21(19)29-2/h4-7,10-13H,3,8-9,14-17H2,1-2H3,(H,25,28)(H,26,27). The molecule has 0 aromatic heterocycles. The van der Waals surface area contributed by atoms with E-state index < -0.39 is 0 Å². The number of para-hydroxylation sites is 2. The Bertz CT molecular complexity index is 875. The van der Waals surface area contributed by atoms with Crippen molar-refractivity contribution in [2.45, 2.75) is 38.0 Å². The number of ether oxygens (including phenoxy) is 2. The van der Waals surface area contributed by atoms with Crippen molar-refractivity contribution in [1.82, 2.24) is 10.6 Å². The van der Waals surface area contributed by atoms with Crippen molar-refractivity contribution in [2.24, 2.45) is 0 Å². The van der Waals surface area contributed by atoms with Gasteiger partial charge in [0.15, 0.2) is 0 Å². The molecule has 30 heavy (non-hydrogen) atoms. The number of benzene rings is 2. The number of methoxy groups -OCH3 is 1. The van der Waals surface area contributed by atoms with Gasteiger partial charge < -0.3 is 20.1 Å². The van der Waals surface area contributed by atoms with E-state index in [4.69, 9.17) is 9.47 Å². The summed E-state index contributed by atoms with van der Waals surface area (Å²) in [5.41, 5.74) is 1.43. The van der Waals surface area contributed by atoms with E-state index in [9.17, 15) is 9.59 Å². The highest BCUT2D eigenvalue weighted by Crippen LogP contribution is 2.44. The molecule has 2 amide bonds. The molecule has 0 radical (unpaired) electrons. The second-order valence-electron chi connectivity index (χ2n) is 7.58. The minimum atomic E-state index is -0.325. The van der Waals surface area contributed by atoms with Crippen molar-refractivity contribution in [2.75, 3.05) is 26.8 Å². The van der Waals surface area contributed by atoms with Gasteiger partial charge in [-0.1, -0.05) is 43.2 Å². The average Bonchev–Trinajstić information content (AvgIpc) is 3.26. The third-order valence-corrected chi connectivity index (χ3v) is 5.70. The molecule has 160 valence electrons. The minimum Gasteiger partial charge on any atom is -0.496 e. The second kappa shape index (κ2) is 10.1. The van der Waals surface area contributed by atoms with Crippen molar-refractivity contribution in [3.05, 3.63) is 59.7 Å². The lowest BCUT2D eigenvalue weighted by Crippen LogP contribution is -2.43. The maximum atomic E-state index is 12.5. The van der Waals surface area contributed by atoms with Gasteiger partial charge in [-0.25, -0.2) is 0 Å². The van der Waals surface area contributed by atoms with Gasteiger partial charge in [0.25, 0.3) is 5.91 Å². The molecular weight excluding hydrogens is 380 g/mol. The summed E-state index contributed by atoms with van der Waals surface area (Å²) >= 11 is 0. The van der Waals surface area contributed by atoms with Gasteiger partial charge in [0.05, 0.1) is 25.8 Å². The molecule has 1 aliphatic rings. The highest BCUT2D eigenvalue weighted by Gasteiger charge is 2.38. The van der Waals surface area contributed by atoms with Crippen molar-refractivity contribution in [1.29, 1.82) is 0 Å². The number of hydrogen-bond acceptors (Lipinski definition) is 4. The third kappa shape index (κ3) is 4.93. The number of carbonyl (C=O) groups is 2. The molecule has 6 nitrogen and oxygen atoms in total. The molecule has 0 spiro atoms. The Morgan fingerprint density at radius 1 is 0.967 bits per heavy atom. The Balaban J connectivity index is 1.60. The lowest BCUT2D eigenvalue weighted by atomic mass is 9.78. The van der Waals surface area contributed by atoms with Crippen LogP contribution in [0.1, 0.15) is 48.5 Å². The van der Waals surface area contributed by atoms with E-state index in [0.29, 0.717) is 24.5 Å². The number of rotatable bonds is 9. The Labute approximate surface area is 178 Å². The van der Waals surface area contributed by atoms with Gasteiger partial charge in [0, 0.05) is 17.5 Å². The van der Waals surface area contributed by atoms with Gasteiger partial charge in [0.2, 0.25) is 5.91 Å². The predicted molar refractivity (Wildman–Crippen MR) is 116 cm³/mol. The minimum absolute atomic E-state index is 0.0820.